The summed E-state index contributed by atoms with van der Waals surface area (Å²) in [6.07, 6.45) is 1.48. The number of nitrogens with zero attached hydrogens (tertiary/aromatic N) is 4. The number of rotatable bonds is 19. The van der Waals surface area contributed by atoms with Crippen molar-refractivity contribution in [1.29, 1.82) is 0 Å². The molecule has 0 radical (unpaired) electrons. The van der Waals surface area contributed by atoms with E-state index < -0.39 is 47.1 Å². The second-order valence-corrected chi connectivity index (χ2v) is 22.8. The number of benzene rings is 8. The lowest BCUT2D eigenvalue weighted by atomic mass is 9.77. The van der Waals surface area contributed by atoms with Gasteiger partial charge in [-0.2, -0.15) is 0 Å². The molecule has 2 aromatic heterocycles. The number of nitrogens with one attached hydrogen (secondary N) is 2. The molecule has 0 aliphatic carbocycles. The number of aromatic nitrogens is 2. The van der Waals surface area contributed by atoms with Crippen molar-refractivity contribution < 1.29 is 24.0 Å². The summed E-state index contributed by atoms with van der Waals surface area (Å²) >= 11 is 9.80. The van der Waals surface area contributed by atoms with E-state index in [0.717, 1.165) is 55.8 Å². The minimum absolute atomic E-state index is 0.00452. The molecule has 2 atom stereocenters. The number of carbonyl (C=O) groups excluding carboxylic acids is 3. The zero-order chi connectivity index (χ0) is 57.5. The van der Waals surface area contributed by atoms with Gasteiger partial charge in [0.25, 0.3) is 11.8 Å². The van der Waals surface area contributed by atoms with E-state index in [2.05, 4.69) is 52.0 Å². The van der Waals surface area contributed by atoms with Gasteiger partial charge in [-0.1, -0.05) is 283 Å². The van der Waals surface area contributed by atoms with E-state index in [4.69, 9.17) is 37.0 Å². The second-order valence-electron chi connectivity index (χ2n) is 20.1. The van der Waals surface area contributed by atoms with Crippen LogP contribution in [-0.4, -0.2) is 50.4 Å². The number of fused-ring (bicyclic) bond motifs is 1. The second kappa shape index (κ2) is 24.5. The Labute approximate surface area is 499 Å². The van der Waals surface area contributed by atoms with Crippen LogP contribution in [0.25, 0.3) is 0 Å². The number of thiazole rings is 1. The lowest BCUT2D eigenvalue weighted by Crippen LogP contribution is -2.72. The SMILES string of the molecule is Nc1ncccc1SC1=C(C(=O)OC(c2ccccc2)c2ccccc2)N2C(=O)C(NC(=O)/C(=N\OC(c3ccccc3)(c3ccccc3)c3ccccc3)c3nc(NC(c4ccccc4)(c4ccccc4)c4ccccc4)sc3Cl)C2CC1. The fourth-order valence-electron chi connectivity index (χ4n) is 11.1. The Morgan fingerprint density at radius 2 is 1.10 bits per heavy atom. The topological polar surface area (TPSA) is 161 Å². The fourth-order valence-corrected chi connectivity index (χ4v) is 13.3. The number of allylic oxidation sites excluding steroid dienone is 1. The quantitative estimate of drug-likeness (QED) is 0.0234. The number of oxime groups is 1. The van der Waals surface area contributed by atoms with Crippen LogP contribution in [0.2, 0.25) is 4.34 Å². The van der Waals surface area contributed by atoms with E-state index in [9.17, 15) is 0 Å². The third-order valence-corrected chi connectivity index (χ3v) is 17.5. The number of nitrogen functional groups attached to an aromatic ring is 1. The molecule has 10 aromatic rings. The van der Waals surface area contributed by atoms with Crippen molar-refractivity contribution >= 4 is 69.1 Å². The number of nitrogens with two attached hydrogens (primary N) is 1. The molecule has 2 unspecified atom stereocenters. The molecule has 1 fully saturated rings. The normalized spacial score (nSPS) is 15.2. The molecule has 0 saturated carbocycles. The average molecular weight is 1160 g/mol. The van der Waals surface area contributed by atoms with Crippen molar-refractivity contribution in [3.05, 3.63) is 326 Å². The van der Waals surface area contributed by atoms with E-state index >= 15 is 14.4 Å². The number of hydrogen-bond donors (Lipinski definition) is 3. The summed E-state index contributed by atoms with van der Waals surface area (Å²) < 4.78 is 6.60. The highest BCUT2D eigenvalue weighted by atomic mass is 35.5. The van der Waals surface area contributed by atoms with Gasteiger partial charge in [0, 0.05) is 27.8 Å². The van der Waals surface area contributed by atoms with Gasteiger partial charge >= 0.3 is 5.97 Å². The summed E-state index contributed by atoms with van der Waals surface area (Å²) in [4.78, 5) is 64.9. The highest BCUT2D eigenvalue weighted by Gasteiger charge is 2.55. The summed E-state index contributed by atoms with van der Waals surface area (Å²) in [5, 5.41) is 12.1. The van der Waals surface area contributed by atoms with Crippen molar-refractivity contribution in [3.63, 3.8) is 0 Å². The molecule has 2 aliphatic rings. The first-order valence-electron chi connectivity index (χ1n) is 27.3. The number of hydrogen-bond acceptors (Lipinski definition) is 12. The van der Waals surface area contributed by atoms with Crippen molar-refractivity contribution in [3.8, 4) is 0 Å². The Balaban J connectivity index is 0.955. The molecule has 2 aliphatic heterocycles. The van der Waals surface area contributed by atoms with E-state index in [-0.39, 0.29) is 27.3 Å². The van der Waals surface area contributed by atoms with Gasteiger partial charge < -0.3 is 25.9 Å². The lowest BCUT2D eigenvalue weighted by molar-refractivity contribution is -0.158. The third kappa shape index (κ3) is 10.7. The summed E-state index contributed by atoms with van der Waals surface area (Å²) in [5.74, 6) is -1.78. The maximum absolute atomic E-state index is 15.7. The van der Waals surface area contributed by atoms with Crippen LogP contribution in [0.4, 0.5) is 10.9 Å². The monoisotopic (exact) mass is 1160 g/mol. The van der Waals surface area contributed by atoms with Crippen LogP contribution in [0.5, 0.6) is 0 Å². The number of pyridine rings is 1. The first-order chi connectivity index (χ1) is 41.2. The molecule has 4 N–H and O–H groups in total. The first-order valence-corrected chi connectivity index (χ1v) is 29.3. The lowest BCUT2D eigenvalue weighted by Gasteiger charge is -2.50. The largest absolute Gasteiger partial charge is 0.448 e. The van der Waals surface area contributed by atoms with Gasteiger partial charge in [-0.25, -0.2) is 14.8 Å². The van der Waals surface area contributed by atoms with Gasteiger partial charge in [0.15, 0.2) is 16.9 Å². The molecular formula is C69H54ClN7O5S2. The smallest absolute Gasteiger partial charge is 0.356 e. The molecule has 15 heteroatoms. The standard InChI is InChI=1S/C69H54ClN7O5S2/c70-62-58(74-67(84-62)75-68(48-30-13-3-14-31-48,49-32-15-4-16-33-49)50-34-17-5-18-35-50)59(76-82-69(51-36-19-6-20-37-51,52-38-21-7-22-39-52)53-40-23-8-24-41-53)64(78)73-57-54-43-44-55(83-56-42-25-45-72-63(56)71)60(77(54)65(57)79)66(80)81-61(46-26-9-1-10-27-46)47-28-11-2-12-29-47/h1-42,45,54,57,61H,43-44H2,(H2,71,72)(H,73,78)(H,74,75)/b76-59-. The van der Waals surface area contributed by atoms with Crippen LogP contribution in [0.3, 0.4) is 0 Å². The minimum Gasteiger partial charge on any atom is -0.448 e. The summed E-state index contributed by atoms with van der Waals surface area (Å²) in [6.45, 7) is 0. The number of ether oxygens (including phenoxy) is 1. The molecule has 0 bridgehead atoms. The van der Waals surface area contributed by atoms with Gasteiger partial charge in [-0.05, 0) is 52.8 Å². The number of thioether (sulfide) groups is 1. The van der Waals surface area contributed by atoms with E-state index in [1.165, 1.54) is 16.7 Å². The van der Waals surface area contributed by atoms with Crippen LogP contribution in [0, 0.1) is 0 Å². The zero-order valence-electron chi connectivity index (χ0n) is 45.1. The number of anilines is 2. The van der Waals surface area contributed by atoms with Gasteiger partial charge in [-0.3, -0.25) is 14.5 Å². The number of amides is 2. The highest BCUT2D eigenvalue weighted by Crippen LogP contribution is 2.47. The van der Waals surface area contributed by atoms with Gasteiger partial charge in [-0.15, -0.1) is 0 Å². The van der Waals surface area contributed by atoms with Crippen molar-refractivity contribution in [2.45, 2.75) is 47.1 Å². The zero-order valence-corrected chi connectivity index (χ0v) is 47.5. The Morgan fingerprint density at radius 1 is 0.643 bits per heavy atom. The number of esters is 1. The van der Waals surface area contributed by atoms with Crippen LogP contribution in [0.15, 0.2) is 282 Å². The molecule has 0 spiro atoms. The van der Waals surface area contributed by atoms with Crippen LogP contribution < -0.4 is 16.4 Å². The number of β-lactam (4-membered cyclic amide) rings is 1. The Kier molecular flexibility index (Phi) is 16.0. The first kappa shape index (κ1) is 55.0. The van der Waals surface area contributed by atoms with Gasteiger partial charge in [0.2, 0.25) is 5.60 Å². The van der Waals surface area contributed by atoms with Crippen LogP contribution in [-0.2, 0) is 35.1 Å². The predicted octanol–water partition coefficient (Wildman–Crippen LogP) is 13.7. The van der Waals surface area contributed by atoms with Crippen molar-refractivity contribution in [1.82, 2.24) is 20.2 Å². The fraction of sp³-hybridized carbons (Fsp3) is 0.101. The maximum atomic E-state index is 15.7. The number of halogens is 1. The van der Waals surface area contributed by atoms with Gasteiger partial charge in [0.05, 0.1) is 10.9 Å². The molecule has 4 heterocycles. The van der Waals surface area contributed by atoms with Crippen LogP contribution >= 0.6 is 34.7 Å². The molecule has 1 saturated heterocycles. The maximum Gasteiger partial charge on any atom is 0.356 e. The minimum atomic E-state index is -1.43. The van der Waals surface area contributed by atoms with E-state index in [1.807, 2.05) is 212 Å². The van der Waals surface area contributed by atoms with Crippen molar-refractivity contribution in [2.75, 3.05) is 11.1 Å². The summed E-state index contributed by atoms with van der Waals surface area (Å²) in [7, 11) is 0. The number of carbonyl (C=O) groups is 3. The highest BCUT2D eigenvalue weighted by molar-refractivity contribution is 8.03. The third-order valence-electron chi connectivity index (χ3n) is 15.1. The van der Waals surface area contributed by atoms with E-state index in [1.54, 1.807) is 12.3 Å². The molecule has 12 nitrogen and oxygen atoms in total. The Bertz CT molecular complexity index is 3770. The molecule has 8 aromatic carbocycles. The molecule has 414 valence electrons. The molecule has 2 amide bonds. The Hall–Kier alpha value is -9.60. The summed E-state index contributed by atoms with van der Waals surface area (Å²) in [5.41, 5.74) is 10.1. The van der Waals surface area contributed by atoms with Crippen LogP contribution in [0.1, 0.15) is 69.1 Å². The van der Waals surface area contributed by atoms with Crippen molar-refractivity contribution in [2.24, 2.45) is 5.16 Å². The molecule has 84 heavy (non-hydrogen) atoms. The Morgan fingerprint density at radius 3 is 1.56 bits per heavy atom. The van der Waals surface area contributed by atoms with Gasteiger partial charge in [0.1, 0.15) is 33.1 Å². The van der Waals surface area contributed by atoms with E-state index in [0.29, 0.717) is 27.8 Å². The molecular weight excluding hydrogens is 1110 g/mol. The predicted molar refractivity (Wildman–Crippen MR) is 331 cm³/mol. The summed E-state index contributed by atoms with van der Waals surface area (Å²) in [6, 6.07) is 79.7. The average Bonchev–Trinajstić information content (AvgIpc) is 4.01. The molecule has 12 rings (SSSR count).